The molecule has 0 aliphatic heterocycles. The van der Waals surface area contributed by atoms with Gasteiger partial charge in [-0.05, 0) is 37.1 Å². The lowest BCUT2D eigenvalue weighted by Crippen LogP contribution is -2.37. The summed E-state index contributed by atoms with van der Waals surface area (Å²) in [5.41, 5.74) is 5.14. The monoisotopic (exact) mass is 252 g/mol. The molecule has 1 rings (SSSR count). The molecule has 0 heterocycles. The third-order valence-corrected chi connectivity index (χ3v) is 3.85. The predicted octanol–water partition coefficient (Wildman–Crippen LogP) is 3.33. The van der Waals surface area contributed by atoms with Crippen molar-refractivity contribution in [3.8, 4) is 6.07 Å². The van der Waals surface area contributed by atoms with Crippen LogP contribution in [0.1, 0.15) is 26.2 Å². The summed E-state index contributed by atoms with van der Waals surface area (Å²) >= 11 is 1.47. The Balaban J connectivity index is 2.35. The van der Waals surface area contributed by atoms with E-state index < -0.39 is 5.54 Å². The summed E-state index contributed by atoms with van der Waals surface area (Å²) < 4.78 is 13.3. The largest absolute Gasteiger partial charge is 0.313 e. The Morgan fingerprint density at radius 1 is 1.47 bits per heavy atom. The lowest BCUT2D eigenvalue weighted by atomic mass is 9.94. The van der Waals surface area contributed by atoms with Crippen molar-refractivity contribution in [3.63, 3.8) is 0 Å². The van der Waals surface area contributed by atoms with E-state index in [2.05, 4.69) is 6.07 Å². The molecule has 0 fully saturated rings. The van der Waals surface area contributed by atoms with E-state index in [1.807, 2.05) is 13.0 Å². The number of nitrogens with zero attached hydrogens (tertiary/aromatic N) is 1. The number of thioether (sulfide) groups is 1. The standard InChI is InChI=1S/C13H17FN2S/c1-2-13(16,10-15)8-5-9-17-12-7-4-3-6-11(12)14/h3-4,6-7H,2,5,8-9,16H2,1H3. The Hall–Kier alpha value is -1.05. The number of benzene rings is 1. The molecule has 0 aromatic heterocycles. The number of hydrogen-bond acceptors (Lipinski definition) is 3. The van der Waals surface area contributed by atoms with Gasteiger partial charge in [0.15, 0.2) is 0 Å². The van der Waals surface area contributed by atoms with Crippen molar-refractivity contribution in [2.75, 3.05) is 5.75 Å². The predicted molar refractivity (Wildman–Crippen MR) is 69.2 cm³/mol. The second kappa shape index (κ2) is 6.63. The Morgan fingerprint density at radius 2 is 2.18 bits per heavy atom. The smallest absolute Gasteiger partial charge is 0.136 e. The van der Waals surface area contributed by atoms with Crippen LogP contribution in [0.3, 0.4) is 0 Å². The molecule has 4 heteroatoms. The van der Waals surface area contributed by atoms with Crippen molar-refractivity contribution in [2.45, 2.75) is 36.6 Å². The van der Waals surface area contributed by atoms with E-state index in [0.717, 1.165) is 12.2 Å². The molecule has 0 saturated heterocycles. The van der Waals surface area contributed by atoms with Crippen molar-refractivity contribution < 1.29 is 4.39 Å². The van der Waals surface area contributed by atoms with Gasteiger partial charge >= 0.3 is 0 Å². The van der Waals surface area contributed by atoms with Crippen LogP contribution in [0.25, 0.3) is 0 Å². The van der Waals surface area contributed by atoms with E-state index in [9.17, 15) is 4.39 Å². The van der Waals surface area contributed by atoms with Crippen LogP contribution in [0, 0.1) is 17.1 Å². The quantitative estimate of drug-likeness (QED) is 0.624. The van der Waals surface area contributed by atoms with Gasteiger partial charge in [-0.1, -0.05) is 19.1 Å². The van der Waals surface area contributed by atoms with Gasteiger partial charge in [0.1, 0.15) is 11.4 Å². The molecule has 1 atom stereocenters. The molecule has 0 radical (unpaired) electrons. The molecule has 17 heavy (non-hydrogen) atoms. The van der Waals surface area contributed by atoms with Crippen LogP contribution in [0.2, 0.25) is 0 Å². The zero-order valence-electron chi connectivity index (χ0n) is 9.95. The first kappa shape index (κ1) is 14.0. The lowest BCUT2D eigenvalue weighted by Gasteiger charge is -2.18. The summed E-state index contributed by atoms with van der Waals surface area (Å²) in [5.74, 6) is 0.592. The van der Waals surface area contributed by atoms with Crippen molar-refractivity contribution in [3.05, 3.63) is 30.1 Å². The lowest BCUT2D eigenvalue weighted by molar-refractivity contribution is 0.478. The van der Waals surface area contributed by atoms with Crippen molar-refractivity contribution in [1.82, 2.24) is 0 Å². The first-order chi connectivity index (χ1) is 8.11. The minimum atomic E-state index is -0.726. The van der Waals surface area contributed by atoms with E-state index in [4.69, 9.17) is 11.0 Å². The maximum Gasteiger partial charge on any atom is 0.136 e. The Kier molecular flexibility index (Phi) is 5.46. The summed E-state index contributed by atoms with van der Waals surface area (Å²) in [7, 11) is 0. The third-order valence-electron chi connectivity index (χ3n) is 2.72. The highest BCUT2D eigenvalue weighted by Crippen LogP contribution is 2.23. The fourth-order valence-corrected chi connectivity index (χ4v) is 2.33. The molecule has 2 nitrogen and oxygen atoms in total. The zero-order valence-corrected chi connectivity index (χ0v) is 10.8. The van der Waals surface area contributed by atoms with E-state index >= 15 is 0 Å². The number of rotatable bonds is 6. The van der Waals surface area contributed by atoms with Gasteiger partial charge in [0.2, 0.25) is 0 Å². The molecule has 1 aromatic carbocycles. The van der Waals surface area contributed by atoms with Crippen LogP contribution in [0.4, 0.5) is 4.39 Å². The van der Waals surface area contributed by atoms with Crippen molar-refractivity contribution >= 4 is 11.8 Å². The molecule has 92 valence electrons. The average molecular weight is 252 g/mol. The van der Waals surface area contributed by atoms with Crippen LogP contribution >= 0.6 is 11.8 Å². The Bertz CT molecular complexity index is 403. The second-order valence-corrected chi connectivity index (χ2v) is 5.14. The molecule has 0 amide bonds. The number of halogens is 1. The van der Waals surface area contributed by atoms with Gasteiger partial charge < -0.3 is 5.73 Å². The van der Waals surface area contributed by atoms with Gasteiger partial charge in [0, 0.05) is 4.90 Å². The molecule has 0 aliphatic carbocycles. The van der Waals surface area contributed by atoms with Gasteiger partial charge in [-0.15, -0.1) is 11.8 Å². The summed E-state index contributed by atoms with van der Waals surface area (Å²) in [6.45, 7) is 1.91. The first-order valence-electron chi connectivity index (χ1n) is 5.69. The average Bonchev–Trinajstić information content (AvgIpc) is 2.36. The molecule has 0 saturated carbocycles. The van der Waals surface area contributed by atoms with Crippen LogP contribution in [-0.2, 0) is 0 Å². The van der Waals surface area contributed by atoms with Gasteiger partial charge in [0.25, 0.3) is 0 Å². The third kappa shape index (κ3) is 4.37. The number of hydrogen-bond donors (Lipinski definition) is 1. The summed E-state index contributed by atoms with van der Waals surface area (Å²) in [4.78, 5) is 0.656. The van der Waals surface area contributed by atoms with Crippen molar-refractivity contribution in [1.29, 1.82) is 5.26 Å². The Morgan fingerprint density at radius 3 is 2.76 bits per heavy atom. The molecule has 2 N–H and O–H groups in total. The Labute approximate surface area is 106 Å². The van der Waals surface area contributed by atoms with Crippen LogP contribution in [0.5, 0.6) is 0 Å². The maximum absolute atomic E-state index is 13.3. The second-order valence-electron chi connectivity index (χ2n) is 4.00. The fourth-order valence-electron chi connectivity index (χ4n) is 1.44. The molecule has 0 aliphatic rings. The highest BCUT2D eigenvalue weighted by molar-refractivity contribution is 7.99. The molecule has 0 bridgehead atoms. The molecule has 0 spiro atoms. The summed E-state index contributed by atoms with van der Waals surface area (Å²) in [6, 6.07) is 8.85. The van der Waals surface area contributed by atoms with E-state index in [1.165, 1.54) is 17.8 Å². The van der Waals surface area contributed by atoms with Crippen LogP contribution in [0.15, 0.2) is 29.2 Å². The van der Waals surface area contributed by atoms with Crippen LogP contribution < -0.4 is 5.73 Å². The number of nitriles is 1. The summed E-state index contributed by atoms with van der Waals surface area (Å²) in [6.07, 6.45) is 2.12. The highest BCUT2D eigenvalue weighted by Gasteiger charge is 2.20. The van der Waals surface area contributed by atoms with E-state index in [0.29, 0.717) is 17.7 Å². The van der Waals surface area contributed by atoms with Crippen molar-refractivity contribution in [2.24, 2.45) is 5.73 Å². The minimum absolute atomic E-state index is 0.188. The van der Waals surface area contributed by atoms with E-state index in [-0.39, 0.29) is 5.82 Å². The minimum Gasteiger partial charge on any atom is -0.313 e. The molecular weight excluding hydrogens is 235 g/mol. The van der Waals surface area contributed by atoms with Crippen LogP contribution in [-0.4, -0.2) is 11.3 Å². The molecule has 1 aromatic rings. The molecule has 1 unspecified atom stereocenters. The first-order valence-corrected chi connectivity index (χ1v) is 6.67. The normalized spacial score (nSPS) is 14.0. The van der Waals surface area contributed by atoms with E-state index in [1.54, 1.807) is 12.1 Å². The maximum atomic E-state index is 13.3. The fraction of sp³-hybridized carbons (Fsp3) is 0.462. The summed E-state index contributed by atoms with van der Waals surface area (Å²) in [5, 5.41) is 8.90. The van der Waals surface area contributed by atoms with Gasteiger partial charge in [-0.25, -0.2) is 4.39 Å². The SMILES string of the molecule is CCC(N)(C#N)CCCSc1ccccc1F. The van der Waals surface area contributed by atoms with Gasteiger partial charge in [-0.2, -0.15) is 5.26 Å². The highest BCUT2D eigenvalue weighted by atomic mass is 32.2. The zero-order chi connectivity index (χ0) is 12.7. The topological polar surface area (TPSA) is 49.8 Å². The van der Waals surface area contributed by atoms with Gasteiger partial charge in [-0.3, -0.25) is 0 Å². The molecular formula is C13H17FN2S. The van der Waals surface area contributed by atoms with Gasteiger partial charge in [0.05, 0.1) is 6.07 Å². The number of nitrogens with two attached hydrogens (primary N) is 1.